The molecule has 0 fully saturated rings. The summed E-state index contributed by atoms with van der Waals surface area (Å²) in [5, 5.41) is 5.73. The first-order valence-corrected chi connectivity index (χ1v) is 18.5. The number of imidazole rings is 1. The molecule has 0 unspecified atom stereocenters. The molecule has 0 saturated heterocycles. The molecule has 11 aromatic rings. The molecule has 4 aromatic heterocycles. The standard InChI is InChI=1S/C50H31N5/c1-2-14-36(15-3-1)50-53-45(39-27-21-32-12-4-6-16-37(32)30-39)44(46(54-50)40-28-22-33-13-5-7-17-38(33)31-40)34-23-25-35(26-24-34)47-49-48(41-18-8-9-19-42(41)51-47)52-43-20-10-11-29-55(43)49/h1-31H. The molecule has 0 amide bonds. The molecule has 0 aliphatic carbocycles. The van der Waals surface area contributed by atoms with Crippen molar-refractivity contribution in [2.75, 3.05) is 0 Å². The van der Waals surface area contributed by atoms with Crippen LogP contribution in [0, 0.1) is 0 Å². The van der Waals surface area contributed by atoms with Crippen LogP contribution < -0.4 is 0 Å². The summed E-state index contributed by atoms with van der Waals surface area (Å²) < 4.78 is 2.14. The highest BCUT2D eigenvalue weighted by Crippen LogP contribution is 2.42. The summed E-state index contributed by atoms with van der Waals surface area (Å²) in [6, 6.07) is 63.5. The Morgan fingerprint density at radius 3 is 1.62 bits per heavy atom. The number of hydrogen-bond acceptors (Lipinski definition) is 4. The lowest BCUT2D eigenvalue weighted by Crippen LogP contribution is -2.01. The van der Waals surface area contributed by atoms with E-state index in [9.17, 15) is 0 Å². The van der Waals surface area contributed by atoms with Crippen molar-refractivity contribution in [3.63, 3.8) is 0 Å². The highest BCUT2D eigenvalue weighted by molar-refractivity contribution is 6.09. The van der Waals surface area contributed by atoms with Crippen molar-refractivity contribution in [3.05, 3.63) is 188 Å². The summed E-state index contributed by atoms with van der Waals surface area (Å²) in [6.07, 6.45) is 2.07. The largest absolute Gasteiger partial charge is 0.298 e. The molecule has 0 atom stereocenters. The summed E-state index contributed by atoms with van der Waals surface area (Å²) in [7, 11) is 0. The van der Waals surface area contributed by atoms with E-state index in [4.69, 9.17) is 19.9 Å². The van der Waals surface area contributed by atoms with Crippen molar-refractivity contribution in [1.82, 2.24) is 24.3 Å². The fraction of sp³-hybridized carbons (Fsp3) is 0. The molecule has 256 valence electrons. The first kappa shape index (κ1) is 31.1. The maximum atomic E-state index is 5.39. The molecule has 0 aliphatic heterocycles. The van der Waals surface area contributed by atoms with Crippen LogP contribution in [0.1, 0.15) is 0 Å². The van der Waals surface area contributed by atoms with Gasteiger partial charge in [0.15, 0.2) is 5.82 Å². The van der Waals surface area contributed by atoms with Gasteiger partial charge in [0.2, 0.25) is 0 Å². The summed E-state index contributed by atoms with van der Waals surface area (Å²) in [5.41, 5.74) is 12.4. The van der Waals surface area contributed by atoms with Gasteiger partial charge >= 0.3 is 0 Å². The second kappa shape index (κ2) is 12.6. The first-order chi connectivity index (χ1) is 27.2. The molecule has 4 heterocycles. The quantitative estimate of drug-likeness (QED) is 0.179. The van der Waals surface area contributed by atoms with Crippen molar-refractivity contribution < 1.29 is 0 Å². The Hall–Kier alpha value is -7.50. The topological polar surface area (TPSA) is 56.0 Å². The monoisotopic (exact) mass is 701 g/mol. The van der Waals surface area contributed by atoms with E-state index >= 15 is 0 Å². The van der Waals surface area contributed by atoms with E-state index in [2.05, 4.69) is 144 Å². The average Bonchev–Trinajstić information content (AvgIpc) is 3.66. The van der Waals surface area contributed by atoms with Gasteiger partial charge in [0, 0.05) is 39.4 Å². The molecule has 5 nitrogen and oxygen atoms in total. The van der Waals surface area contributed by atoms with E-state index in [0.717, 1.165) is 88.8 Å². The fourth-order valence-electron chi connectivity index (χ4n) is 7.89. The molecule has 5 heteroatoms. The minimum Gasteiger partial charge on any atom is -0.298 e. The molecule has 0 radical (unpaired) electrons. The Balaban J connectivity index is 1.17. The lowest BCUT2D eigenvalue weighted by Gasteiger charge is -2.18. The Morgan fingerprint density at radius 1 is 0.364 bits per heavy atom. The molecule has 0 N–H and O–H groups in total. The second-order valence-electron chi connectivity index (χ2n) is 13.9. The number of nitrogens with zero attached hydrogens (tertiary/aromatic N) is 5. The lowest BCUT2D eigenvalue weighted by atomic mass is 9.91. The van der Waals surface area contributed by atoms with Gasteiger partial charge in [-0.3, -0.25) is 4.40 Å². The Kier molecular flexibility index (Phi) is 7.10. The van der Waals surface area contributed by atoms with Crippen LogP contribution in [0.5, 0.6) is 0 Å². The zero-order chi connectivity index (χ0) is 36.3. The maximum Gasteiger partial charge on any atom is 0.160 e. The van der Waals surface area contributed by atoms with Crippen LogP contribution >= 0.6 is 0 Å². The molecule has 0 saturated carbocycles. The lowest BCUT2D eigenvalue weighted by molar-refractivity contribution is 1.19. The van der Waals surface area contributed by atoms with Crippen LogP contribution in [0.15, 0.2) is 188 Å². The van der Waals surface area contributed by atoms with Gasteiger partial charge in [-0.2, -0.15) is 0 Å². The predicted octanol–water partition coefficient (Wildman–Crippen LogP) is 12.5. The van der Waals surface area contributed by atoms with Gasteiger partial charge in [0.05, 0.1) is 28.1 Å². The third-order valence-corrected chi connectivity index (χ3v) is 10.6. The van der Waals surface area contributed by atoms with Crippen molar-refractivity contribution in [2.24, 2.45) is 0 Å². The van der Waals surface area contributed by atoms with Gasteiger partial charge < -0.3 is 0 Å². The molecular formula is C50H31N5. The summed E-state index contributed by atoms with van der Waals surface area (Å²) >= 11 is 0. The third-order valence-electron chi connectivity index (χ3n) is 10.6. The molecule has 11 rings (SSSR count). The van der Waals surface area contributed by atoms with Gasteiger partial charge in [-0.05, 0) is 57.4 Å². The van der Waals surface area contributed by atoms with Crippen molar-refractivity contribution in [1.29, 1.82) is 0 Å². The van der Waals surface area contributed by atoms with Crippen LogP contribution in [-0.2, 0) is 0 Å². The minimum atomic E-state index is 0.683. The van der Waals surface area contributed by atoms with Crippen molar-refractivity contribution in [2.45, 2.75) is 0 Å². The van der Waals surface area contributed by atoms with Gasteiger partial charge in [-0.25, -0.2) is 19.9 Å². The van der Waals surface area contributed by atoms with Crippen molar-refractivity contribution in [3.8, 4) is 56.3 Å². The van der Waals surface area contributed by atoms with E-state index in [1.54, 1.807) is 0 Å². The van der Waals surface area contributed by atoms with E-state index in [0.29, 0.717) is 5.82 Å². The molecular weight excluding hydrogens is 671 g/mol. The third kappa shape index (κ3) is 5.24. The van der Waals surface area contributed by atoms with E-state index in [1.807, 2.05) is 48.5 Å². The number of para-hydroxylation sites is 1. The average molecular weight is 702 g/mol. The van der Waals surface area contributed by atoms with E-state index in [1.165, 1.54) is 10.8 Å². The number of pyridine rings is 2. The minimum absolute atomic E-state index is 0.683. The highest BCUT2D eigenvalue weighted by Gasteiger charge is 2.22. The summed E-state index contributed by atoms with van der Waals surface area (Å²) in [4.78, 5) is 21.1. The number of aromatic nitrogens is 5. The SMILES string of the molecule is c1ccc(-c2nc(-c3ccc4ccccc4c3)c(-c3ccc(-c4nc5ccccc5c5nc6ccccn6c45)cc3)c(-c3ccc4ccccc4c3)n2)cc1. The van der Waals surface area contributed by atoms with Gasteiger partial charge in [-0.1, -0.05) is 152 Å². The normalized spacial score (nSPS) is 11.6. The van der Waals surface area contributed by atoms with E-state index < -0.39 is 0 Å². The molecule has 0 spiro atoms. The second-order valence-corrected chi connectivity index (χ2v) is 13.9. The number of rotatable bonds is 5. The van der Waals surface area contributed by atoms with Crippen LogP contribution in [0.4, 0.5) is 0 Å². The highest BCUT2D eigenvalue weighted by atomic mass is 15.0. The van der Waals surface area contributed by atoms with Gasteiger partial charge in [-0.15, -0.1) is 0 Å². The van der Waals surface area contributed by atoms with Crippen molar-refractivity contribution >= 4 is 49.1 Å². The molecule has 55 heavy (non-hydrogen) atoms. The maximum absolute atomic E-state index is 5.39. The van der Waals surface area contributed by atoms with Crippen LogP contribution in [0.3, 0.4) is 0 Å². The number of fused-ring (bicyclic) bond motifs is 7. The van der Waals surface area contributed by atoms with Crippen LogP contribution in [0.25, 0.3) is 105 Å². The van der Waals surface area contributed by atoms with Crippen LogP contribution in [-0.4, -0.2) is 24.3 Å². The number of hydrogen-bond donors (Lipinski definition) is 0. The summed E-state index contributed by atoms with van der Waals surface area (Å²) in [6.45, 7) is 0. The smallest absolute Gasteiger partial charge is 0.160 e. The van der Waals surface area contributed by atoms with E-state index in [-0.39, 0.29) is 0 Å². The Bertz CT molecular complexity index is 3160. The predicted molar refractivity (Wildman–Crippen MR) is 226 cm³/mol. The zero-order valence-electron chi connectivity index (χ0n) is 29.6. The molecule has 0 bridgehead atoms. The Morgan fingerprint density at radius 2 is 0.927 bits per heavy atom. The number of benzene rings is 7. The van der Waals surface area contributed by atoms with Gasteiger partial charge in [0.25, 0.3) is 0 Å². The van der Waals surface area contributed by atoms with Crippen LogP contribution in [0.2, 0.25) is 0 Å². The molecule has 0 aliphatic rings. The summed E-state index contributed by atoms with van der Waals surface area (Å²) in [5.74, 6) is 0.683. The zero-order valence-corrected chi connectivity index (χ0v) is 29.6. The fourth-order valence-corrected chi connectivity index (χ4v) is 7.89. The Labute approximate surface area is 316 Å². The van der Waals surface area contributed by atoms with Gasteiger partial charge in [0.1, 0.15) is 11.2 Å². The first-order valence-electron chi connectivity index (χ1n) is 18.5. The molecule has 7 aromatic carbocycles.